The summed E-state index contributed by atoms with van der Waals surface area (Å²) >= 11 is 11.7. The van der Waals surface area contributed by atoms with Gasteiger partial charge in [-0.2, -0.15) is 0 Å². The van der Waals surface area contributed by atoms with Crippen molar-refractivity contribution in [2.45, 2.75) is 6.54 Å². The molecule has 0 unspecified atom stereocenters. The number of thiocarbonyl (C=S) groups is 1. The third kappa shape index (κ3) is 6.14. The molecule has 1 N–H and O–H groups in total. The van der Waals surface area contributed by atoms with Crippen molar-refractivity contribution in [1.29, 1.82) is 0 Å². The molecule has 1 fully saturated rings. The fourth-order valence-electron chi connectivity index (χ4n) is 2.94. The van der Waals surface area contributed by atoms with Gasteiger partial charge in [0.2, 0.25) is 0 Å². The van der Waals surface area contributed by atoms with Crippen LogP contribution in [0.5, 0.6) is 0 Å². The molecule has 4 nitrogen and oxygen atoms in total. The van der Waals surface area contributed by atoms with Crippen molar-refractivity contribution in [3.8, 4) is 0 Å². The maximum Gasteiger partial charge on any atom is 0.173 e. The minimum absolute atomic E-state index is 0.223. The van der Waals surface area contributed by atoms with Gasteiger partial charge in [0.25, 0.3) is 0 Å². The highest BCUT2D eigenvalue weighted by molar-refractivity contribution is 7.80. The lowest BCUT2D eigenvalue weighted by molar-refractivity contribution is 0.0358. The number of morpholine rings is 1. The second-order valence-electron chi connectivity index (χ2n) is 6.41. The van der Waals surface area contributed by atoms with E-state index in [-0.39, 0.29) is 5.82 Å². The first-order valence-electron chi connectivity index (χ1n) is 8.97. The van der Waals surface area contributed by atoms with Gasteiger partial charge in [0.05, 0.1) is 13.2 Å². The molecule has 0 amide bonds. The Morgan fingerprint density at radius 1 is 1.19 bits per heavy atom. The number of ether oxygens (including phenoxy) is 1. The Kier molecular flexibility index (Phi) is 7.41. The summed E-state index contributed by atoms with van der Waals surface area (Å²) in [5.41, 5.74) is 1.44. The van der Waals surface area contributed by atoms with Gasteiger partial charge in [0.15, 0.2) is 5.11 Å². The van der Waals surface area contributed by atoms with E-state index in [9.17, 15) is 4.39 Å². The summed E-state index contributed by atoms with van der Waals surface area (Å²) in [5, 5.41) is 4.40. The summed E-state index contributed by atoms with van der Waals surface area (Å²) in [7, 11) is 0. The molecular weight excluding hydrogens is 385 g/mol. The van der Waals surface area contributed by atoms with Crippen molar-refractivity contribution in [2.75, 3.05) is 44.7 Å². The Morgan fingerprint density at radius 2 is 1.96 bits per heavy atom. The third-order valence-corrected chi connectivity index (χ3v) is 5.07. The molecule has 0 saturated carbocycles. The van der Waals surface area contributed by atoms with Gasteiger partial charge in [-0.05, 0) is 36.5 Å². The maximum absolute atomic E-state index is 14.2. The van der Waals surface area contributed by atoms with Gasteiger partial charge in [-0.3, -0.25) is 4.90 Å². The first-order valence-corrected chi connectivity index (χ1v) is 9.75. The van der Waals surface area contributed by atoms with Gasteiger partial charge in [-0.1, -0.05) is 35.9 Å². The second kappa shape index (κ2) is 9.99. The van der Waals surface area contributed by atoms with E-state index in [1.807, 2.05) is 35.2 Å². The van der Waals surface area contributed by atoms with Crippen molar-refractivity contribution in [1.82, 2.24) is 9.80 Å². The van der Waals surface area contributed by atoms with Gasteiger partial charge in [0, 0.05) is 49.0 Å². The first-order chi connectivity index (χ1) is 13.1. The summed E-state index contributed by atoms with van der Waals surface area (Å²) in [5.74, 6) is -0.223. The van der Waals surface area contributed by atoms with Gasteiger partial charge in [0.1, 0.15) is 5.82 Å². The summed E-state index contributed by atoms with van der Waals surface area (Å²) in [6.07, 6.45) is 0. The van der Waals surface area contributed by atoms with Crippen molar-refractivity contribution in [3.05, 3.63) is 64.9 Å². The van der Waals surface area contributed by atoms with E-state index in [1.54, 1.807) is 12.1 Å². The summed E-state index contributed by atoms with van der Waals surface area (Å²) in [6, 6.07) is 14.2. The Bertz CT molecular complexity index is 770. The number of halogens is 2. The molecule has 7 heteroatoms. The molecular formula is C20H23ClFN3OS. The molecule has 0 aliphatic carbocycles. The number of hydrogen-bond donors (Lipinski definition) is 1. The fraction of sp³-hybridized carbons (Fsp3) is 0.350. The molecule has 1 saturated heterocycles. The maximum atomic E-state index is 14.2. The van der Waals surface area contributed by atoms with E-state index in [4.69, 9.17) is 28.6 Å². The van der Waals surface area contributed by atoms with Crippen LogP contribution < -0.4 is 5.32 Å². The van der Waals surface area contributed by atoms with E-state index >= 15 is 0 Å². The molecule has 0 aromatic heterocycles. The Balaban J connectivity index is 1.69. The van der Waals surface area contributed by atoms with Crippen LogP contribution in [0.15, 0.2) is 48.5 Å². The molecule has 3 rings (SSSR count). The number of benzene rings is 2. The standard InChI is InChI=1S/C20H23ClFN3OS/c21-17-5-3-6-18(14-17)23-20(27)25(9-8-24-10-12-26-13-11-24)15-16-4-1-2-7-19(16)22/h1-7,14H,8-13,15H2,(H,23,27). The summed E-state index contributed by atoms with van der Waals surface area (Å²) < 4.78 is 19.6. The number of nitrogens with zero attached hydrogens (tertiary/aromatic N) is 2. The minimum Gasteiger partial charge on any atom is -0.379 e. The van der Waals surface area contributed by atoms with Crippen molar-refractivity contribution < 1.29 is 9.13 Å². The Morgan fingerprint density at radius 3 is 2.70 bits per heavy atom. The van der Waals surface area contributed by atoms with E-state index in [0.29, 0.717) is 28.8 Å². The van der Waals surface area contributed by atoms with Crippen molar-refractivity contribution >= 4 is 34.6 Å². The zero-order valence-electron chi connectivity index (χ0n) is 15.0. The molecule has 27 heavy (non-hydrogen) atoms. The second-order valence-corrected chi connectivity index (χ2v) is 7.23. The Hall–Kier alpha value is -1.73. The zero-order valence-corrected chi connectivity index (χ0v) is 16.6. The molecule has 2 aromatic rings. The average molecular weight is 408 g/mol. The average Bonchev–Trinajstić information content (AvgIpc) is 2.67. The molecule has 0 radical (unpaired) electrons. The number of nitrogens with one attached hydrogen (secondary N) is 1. The van der Waals surface area contributed by atoms with Crippen molar-refractivity contribution in [2.24, 2.45) is 0 Å². The molecule has 2 aromatic carbocycles. The van der Waals surface area contributed by atoms with Crippen LogP contribution >= 0.6 is 23.8 Å². The molecule has 1 aliphatic heterocycles. The monoisotopic (exact) mass is 407 g/mol. The highest BCUT2D eigenvalue weighted by Gasteiger charge is 2.16. The van der Waals surface area contributed by atoms with Gasteiger partial charge >= 0.3 is 0 Å². The highest BCUT2D eigenvalue weighted by Crippen LogP contribution is 2.17. The molecule has 0 bridgehead atoms. The lowest BCUT2D eigenvalue weighted by Crippen LogP contribution is -2.44. The van der Waals surface area contributed by atoms with E-state index in [2.05, 4.69) is 10.2 Å². The molecule has 1 heterocycles. The summed E-state index contributed by atoms with van der Waals surface area (Å²) in [6.45, 7) is 5.25. The smallest absolute Gasteiger partial charge is 0.173 e. The molecule has 1 aliphatic rings. The van der Waals surface area contributed by atoms with Crippen LogP contribution in [-0.2, 0) is 11.3 Å². The third-order valence-electron chi connectivity index (χ3n) is 4.47. The number of anilines is 1. The largest absolute Gasteiger partial charge is 0.379 e. The fourth-order valence-corrected chi connectivity index (χ4v) is 3.40. The van der Waals surface area contributed by atoms with Crippen LogP contribution in [-0.4, -0.2) is 54.3 Å². The number of rotatable bonds is 6. The molecule has 0 spiro atoms. The van der Waals surface area contributed by atoms with Crippen LogP contribution in [0.4, 0.5) is 10.1 Å². The lowest BCUT2D eigenvalue weighted by atomic mass is 10.2. The van der Waals surface area contributed by atoms with E-state index in [0.717, 1.165) is 38.5 Å². The van der Waals surface area contributed by atoms with E-state index < -0.39 is 0 Å². The first kappa shape index (κ1) is 20.0. The van der Waals surface area contributed by atoms with Crippen LogP contribution in [0.1, 0.15) is 5.56 Å². The van der Waals surface area contributed by atoms with Crippen LogP contribution in [0.3, 0.4) is 0 Å². The lowest BCUT2D eigenvalue weighted by Gasteiger charge is -2.31. The summed E-state index contributed by atoms with van der Waals surface area (Å²) in [4.78, 5) is 4.32. The Labute approximate surface area is 169 Å². The predicted molar refractivity (Wildman–Crippen MR) is 112 cm³/mol. The molecule has 144 valence electrons. The topological polar surface area (TPSA) is 27.7 Å². The van der Waals surface area contributed by atoms with Gasteiger partial charge in [-0.15, -0.1) is 0 Å². The van der Waals surface area contributed by atoms with Gasteiger partial charge < -0.3 is 15.0 Å². The normalized spacial score (nSPS) is 14.7. The SMILES string of the molecule is Fc1ccccc1CN(CCN1CCOCC1)C(=S)Nc1cccc(Cl)c1. The van der Waals surface area contributed by atoms with Gasteiger partial charge in [-0.25, -0.2) is 4.39 Å². The minimum atomic E-state index is -0.223. The number of hydrogen-bond acceptors (Lipinski definition) is 3. The quantitative estimate of drug-likeness (QED) is 0.730. The zero-order chi connectivity index (χ0) is 19.1. The van der Waals surface area contributed by atoms with E-state index in [1.165, 1.54) is 6.07 Å². The van der Waals surface area contributed by atoms with Crippen LogP contribution in [0, 0.1) is 5.82 Å². The van der Waals surface area contributed by atoms with Crippen molar-refractivity contribution in [3.63, 3.8) is 0 Å². The molecule has 0 atom stereocenters. The van der Waals surface area contributed by atoms with Crippen LogP contribution in [0.25, 0.3) is 0 Å². The highest BCUT2D eigenvalue weighted by atomic mass is 35.5. The van der Waals surface area contributed by atoms with Crippen LogP contribution in [0.2, 0.25) is 5.02 Å². The predicted octanol–water partition coefficient (Wildman–Crippen LogP) is 4.01.